The van der Waals surface area contributed by atoms with Crippen molar-refractivity contribution in [3.8, 4) is 29.1 Å². The number of hydrogen-bond acceptors (Lipinski definition) is 6. The zero-order chi connectivity index (χ0) is 19.8. The minimum Gasteiger partial charge on any atom is -0.481 e. The fourth-order valence-electron chi connectivity index (χ4n) is 2.40. The summed E-state index contributed by atoms with van der Waals surface area (Å²) < 4.78 is 40.2. The smallest absolute Gasteiger partial charge is 0.231 e. The molecule has 0 aliphatic carbocycles. The summed E-state index contributed by atoms with van der Waals surface area (Å²) in [4.78, 5) is 12.0. The van der Waals surface area contributed by atoms with Crippen molar-refractivity contribution in [1.82, 2.24) is 5.32 Å². The Hall–Kier alpha value is -3.18. The van der Waals surface area contributed by atoms with Gasteiger partial charge >= 0.3 is 0 Å². The molecule has 0 saturated carbocycles. The number of carbonyl (C=O) groups excluding carboxylic acids is 1. The van der Waals surface area contributed by atoms with E-state index >= 15 is 0 Å². The standard InChI is InChI=1S/C20H19NO6S/c22-20(10-13-28(23,24)17-6-2-1-3-7-17)21-11-4-5-12-25-16-8-9-18-19(14-16)27-15-26-18/h1-3,6-9,14H,10-13,15H2,(H,21,22). The molecule has 3 rings (SSSR count). The molecular formula is C20H19NO6S. The molecule has 1 aliphatic heterocycles. The van der Waals surface area contributed by atoms with Crippen LogP contribution in [0.25, 0.3) is 0 Å². The van der Waals surface area contributed by atoms with Gasteiger partial charge in [0, 0.05) is 12.5 Å². The van der Waals surface area contributed by atoms with Crippen molar-refractivity contribution in [1.29, 1.82) is 0 Å². The number of hydrogen-bond donors (Lipinski definition) is 1. The molecule has 2 aromatic rings. The lowest BCUT2D eigenvalue weighted by molar-refractivity contribution is -0.120. The average molecular weight is 401 g/mol. The molecule has 7 nitrogen and oxygen atoms in total. The van der Waals surface area contributed by atoms with Gasteiger partial charge in [0.25, 0.3) is 0 Å². The van der Waals surface area contributed by atoms with Gasteiger partial charge in [-0.25, -0.2) is 8.42 Å². The Bertz CT molecular complexity index is 992. The third-order valence-corrected chi connectivity index (χ3v) is 5.59. The lowest BCUT2D eigenvalue weighted by Gasteiger charge is -2.04. The van der Waals surface area contributed by atoms with Crippen LogP contribution in [0.1, 0.15) is 6.42 Å². The lowest BCUT2D eigenvalue weighted by Crippen LogP contribution is -2.26. The Labute approximate surface area is 163 Å². The van der Waals surface area contributed by atoms with Crippen LogP contribution in [-0.2, 0) is 14.6 Å². The molecule has 146 valence electrons. The first-order valence-corrected chi connectivity index (χ1v) is 10.2. The molecule has 1 amide bonds. The summed E-state index contributed by atoms with van der Waals surface area (Å²) in [5, 5.41) is 2.57. The zero-order valence-electron chi connectivity index (χ0n) is 15.0. The van der Waals surface area contributed by atoms with Crippen molar-refractivity contribution in [3.63, 3.8) is 0 Å². The number of sulfone groups is 1. The Morgan fingerprint density at radius 1 is 1.07 bits per heavy atom. The van der Waals surface area contributed by atoms with Crippen LogP contribution in [0.4, 0.5) is 0 Å². The first-order valence-electron chi connectivity index (χ1n) is 8.57. The summed E-state index contributed by atoms with van der Waals surface area (Å²) in [5.74, 6) is 6.83. The number of benzene rings is 2. The second-order valence-corrected chi connectivity index (χ2v) is 7.93. The van der Waals surface area contributed by atoms with Crippen molar-refractivity contribution >= 4 is 15.7 Å². The maximum absolute atomic E-state index is 12.1. The van der Waals surface area contributed by atoms with Gasteiger partial charge < -0.3 is 19.5 Å². The second-order valence-electron chi connectivity index (χ2n) is 5.82. The van der Waals surface area contributed by atoms with Crippen LogP contribution in [0.5, 0.6) is 17.2 Å². The second kappa shape index (κ2) is 9.15. The first-order chi connectivity index (χ1) is 13.5. The molecule has 2 aromatic carbocycles. The number of rotatable bonds is 7. The summed E-state index contributed by atoms with van der Waals surface area (Å²) in [6, 6.07) is 13.3. The highest BCUT2D eigenvalue weighted by Crippen LogP contribution is 2.34. The van der Waals surface area contributed by atoms with Gasteiger partial charge in [0.15, 0.2) is 21.3 Å². The molecule has 0 bridgehead atoms. The number of nitrogens with one attached hydrogen (secondary N) is 1. The largest absolute Gasteiger partial charge is 0.481 e. The van der Waals surface area contributed by atoms with Gasteiger partial charge in [-0.05, 0) is 24.3 Å². The fourth-order valence-corrected chi connectivity index (χ4v) is 3.67. The van der Waals surface area contributed by atoms with Crippen LogP contribution in [0.2, 0.25) is 0 Å². The maximum Gasteiger partial charge on any atom is 0.231 e. The molecule has 0 fully saturated rings. The molecule has 0 unspecified atom stereocenters. The van der Waals surface area contributed by atoms with Gasteiger partial charge in [-0.15, -0.1) is 0 Å². The first kappa shape index (κ1) is 19.6. The van der Waals surface area contributed by atoms with Crippen LogP contribution in [0, 0.1) is 11.8 Å². The highest BCUT2D eigenvalue weighted by molar-refractivity contribution is 7.91. The molecule has 0 radical (unpaired) electrons. The normalized spacial score (nSPS) is 12.0. The van der Waals surface area contributed by atoms with Crippen molar-refractivity contribution in [2.75, 3.05) is 25.7 Å². The van der Waals surface area contributed by atoms with Crippen molar-refractivity contribution in [3.05, 3.63) is 48.5 Å². The summed E-state index contributed by atoms with van der Waals surface area (Å²) in [6.07, 6.45) is -0.118. The Balaban J connectivity index is 1.36. The minimum absolute atomic E-state index is 0.118. The van der Waals surface area contributed by atoms with Crippen LogP contribution < -0.4 is 19.5 Å². The predicted octanol–water partition coefficient (Wildman–Crippen LogP) is 1.78. The minimum atomic E-state index is -3.47. The van der Waals surface area contributed by atoms with E-state index < -0.39 is 9.84 Å². The monoisotopic (exact) mass is 401 g/mol. The number of ether oxygens (including phenoxy) is 3. The molecule has 0 spiro atoms. The summed E-state index contributed by atoms with van der Waals surface area (Å²) >= 11 is 0. The molecule has 8 heteroatoms. The van der Waals surface area contributed by atoms with Gasteiger partial charge in [-0.3, -0.25) is 4.79 Å². The van der Waals surface area contributed by atoms with Gasteiger partial charge in [-0.2, -0.15) is 0 Å². The molecule has 0 saturated heterocycles. The van der Waals surface area contributed by atoms with E-state index in [9.17, 15) is 13.2 Å². The number of fused-ring (bicyclic) bond motifs is 1. The van der Waals surface area contributed by atoms with E-state index in [1.54, 1.807) is 36.4 Å². The van der Waals surface area contributed by atoms with Crippen LogP contribution >= 0.6 is 0 Å². The van der Waals surface area contributed by atoms with Gasteiger partial charge in [-0.1, -0.05) is 30.0 Å². The van der Waals surface area contributed by atoms with E-state index in [1.807, 2.05) is 0 Å². The van der Waals surface area contributed by atoms with Gasteiger partial charge in [0.1, 0.15) is 12.4 Å². The molecule has 28 heavy (non-hydrogen) atoms. The van der Waals surface area contributed by atoms with Crippen LogP contribution in [0.3, 0.4) is 0 Å². The van der Waals surface area contributed by atoms with E-state index in [2.05, 4.69) is 17.2 Å². The molecular weight excluding hydrogens is 382 g/mol. The maximum atomic E-state index is 12.1. The number of amides is 1. The highest BCUT2D eigenvalue weighted by atomic mass is 32.2. The SMILES string of the molecule is O=C(CCS(=O)(=O)c1ccccc1)NCC#CCOc1ccc2c(c1)OCO2. The van der Waals surface area contributed by atoms with Crippen molar-refractivity contribution in [2.45, 2.75) is 11.3 Å². The molecule has 0 atom stereocenters. The molecule has 0 aromatic heterocycles. The lowest BCUT2D eigenvalue weighted by atomic mass is 10.3. The zero-order valence-corrected chi connectivity index (χ0v) is 15.8. The van der Waals surface area contributed by atoms with E-state index in [0.29, 0.717) is 17.2 Å². The third-order valence-electron chi connectivity index (χ3n) is 3.85. The topological polar surface area (TPSA) is 90.9 Å². The Kier molecular flexibility index (Phi) is 6.40. The molecule has 1 N–H and O–H groups in total. The fraction of sp³-hybridized carbons (Fsp3) is 0.250. The van der Waals surface area contributed by atoms with E-state index in [4.69, 9.17) is 14.2 Å². The number of carbonyl (C=O) groups is 1. The van der Waals surface area contributed by atoms with E-state index in [-0.39, 0.29) is 42.9 Å². The van der Waals surface area contributed by atoms with Crippen LogP contribution in [-0.4, -0.2) is 40.0 Å². The van der Waals surface area contributed by atoms with E-state index in [1.165, 1.54) is 12.1 Å². The van der Waals surface area contributed by atoms with Gasteiger partial charge in [0.05, 0.1) is 17.2 Å². The molecule has 1 aliphatic rings. The predicted molar refractivity (Wildman–Crippen MR) is 102 cm³/mol. The Morgan fingerprint density at radius 3 is 2.68 bits per heavy atom. The quantitative estimate of drug-likeness (QED) is 0.711. The molecule has 1 heterocycles. The van der Waals surface area contributed by atoms with Gasteiger partial charge in [0.2, 0.25) is 12.7 Å². The summed E-state index contributed by atoms with van der Waals surface area (Å²) in [6.45, 7) is 0.470. The summed E-state index contributed by atoms with van der Waals surface area (Å²) in [5.41, 5.74) is 0. The summed E-state index contributed by atoms with van der Waals surface area (Å²) in [7, 11) is -3.47. The third kappa shape index (κ3) is 5.41. The highest BCUT2D eigenvalue weighted by Gasteiger charge is 2.15. The van der Waals surface area contributed by atoms with Crippen molar-refractivity contribution in [2.24, 2.45) is 0 Å². The average Bonchev–Trinajstić information content (AvgIpc) is 3.17. The van der Waals surface area contributed by atoms with Crippen molar-refractivity contribution < 1.29 is 27.4 Å². The Morgan fingerprint density at radius 2 is 1.86 bits per heavy atom. The van der Waals surface area contributed by atoms with Crippen LogP contribution in [0.15, 0.2) is 53.4 Å². The van der Waals surface area contributed by atoms with E-state index in [0.717, 1.165) is 0 Å².